The van der Waals surface area contributed by atoms with Gasteiger partial charge in [0.1, 0.15) is 23.3 Å². The molecular weight excluding hydrogens is 460 g/mol. The standard InChI is InChI=1S/C26H26N6O4/c1-17(21-6-4-5-13-27-21)29-22-12-9-19(16-23(22)32(34)35)26(33)30-24(25-28-14-15-31(25)2)18-7-10-20(36-3)11-8-18/h4-17,24,29H,1-3H3,(H,30,33). The van der Waals surface area contributed by atoms with E-state index in [1.807, 2.05) is 42.8 Å². The number of anilines is 1. The Kier molecular flexibility index (Phi) is 7.24. The minimum atomic E-state index is -0.579. The number of hydrogen-bond donors (Lipinski definition) is 2. The summed E-state index contributed by atoms with van der Waals surface area (Å²) in [6.07, 6.45) is 5.09. The second-order valence-electron chi connectivity index (χ2n) is 8.19. The number of aromatic nitrogens is 3. The van der Waals surface area contributed by atoms with Crippen molar-refractivity contribution in [1.29, 1.82) is 0 Å². The number of nitrogens with one attached hydrogen (secondary N) is 2. The average molecular weight is 487 g/mol. The minimum Gasteiger partial charge on any atom is -0.497 e. The second kappa shape index (κ2) is 10.7. The van der Waals surface area contributed by atoms with Gasteiger partial charge in [0.15, 0.2) is 0 Å². The van der Waals surface area contributed by atoms with Crippen molar-refractivity contribution in [3.63, 3.8) is 0 Å². The lowest BCUT2D eigenvalue weighted by atomic mass is 10.0. The van der Waals surface area contributed by atoms with E-state index in [4.69, 9.17) is 4.74 Å². The Morgan fingerprint density at radius 3 is 2.47 bits per heavy atom. The summed E-state index contributed by atoms with van der Waals surface area (Å²) in [4.78, 5) is 33.3. The van der Waals surface area contributed by atoms with E-state index in [1.54, 1.807) is 50.0 Å². The van der Waals surface area contributed by atoms with Crippen LogP contribution in [0.3, 0.4) is 0 Å². The number of benzene rings is 2. The van der Waals surface area contributed by atoms with Gasteiger partial charge in [-0.2, -0.15) is 0 Å². The zero-order valence-electron chi connectivity index (χ0n) is 20.1. The SMILES string of the molecule is COc1ccc(C(NC(=O)c2ccc(NC(C)c3ccccn3)c([N+](=O)[O-])c2)c2nccn2C)cc1. The first-order chi connectivity index (χ1) is 17.4. The number of hydrogen-bond acceptors (Lipinski definition) is 7. The van der Waals surface area contributed by atoms with Crippen LogP contribution in [0.1, 0.15) is 46.4 Å². The molecule has 2 aromatic carbocycles. The van der Waals surface area contributed by atoms with Crippen LogP contribution in [0.15, 0.2) is 79.3 Å². The summed E-state index contributed by atoms with van der Waals surface area (Å²) in [6, 6.07) is 16.3. The molecule has 0 aliphatic carbocycles. The van der Waals surface area contributed by atoms with Crippen molar-refractivity contribution in [2.24, 2.45) is 7.05 Å². The fraction of sp³-hybridized carbons (Fsp3) is 0.192. The summed E-state index contributed by atoms with van der Waals surface area (Å²) >= 11 is 0. The van der Waals surface area contributed by atoms with Crippen LogP contribution in [0.25, 0.3) is 0 Å². The first-order valence-electron chi connectivity index (χ1n) is 11.3. The van der Waals surface area contributed by atoms with Gasteiger partial charge in [-0.1, -0.05) is 18.2 Å². The third kappa shape index (κ3) is 5.33. The van der Waals surface area contributed by atoms with E-state index in [0.717, 1.165) is 11.3 Å². The molecule has 2 heterocycles. The van der Waals surface area contributed by atoms with E-state index < -0.39 is 16.9 Å². The van der Waals surface area contributed by atoms with Gasteiger partial charge >= 0.3 is 0 Å². The Labute approximate surface area is 208 Å². The second-order valence-corrected chi connectivity index (χ2v) is 8.19. The lowest BCUT2D eigenvalue weighted by molar-refractivity contribution is -0.384. The fourth-order valence-electron chi connectivity index (χ4n) is 3.85. The topological polar surface area (TPSA) is 124 Å². The molecule has 0 spiro atoms. The van der Waals surface area contributed by atoms with Crippen molar-refractivity contribution in [2.45, 2.75) is 19.0 Å². The number of amides is 1. The highest BCUT2D eigenvalue weighted by atomic mass is 16.6. The van der Waals surface area contributed by atoms with Gasteiger partial charge in [-0.3, -0.25) is 19.9 Å². The van der Waals surface area contributed by atoms with Gasteiger partial charge < -0.3 is 19.9 Å². The third-order valence-electron chi connectivity index (χ3n) is 5.80. The minimum absolute atomic E-state index is 0.158. The molecule has 1 amide bonds. The van der Waals surface area contributed by atoms with Crippen molar-refractivity contribution in [3.8, 4) is 5.75 Å². The summed E-state index contributed by atoms with van der Waals surface area (Å²) in [6.45, 7) is 1.86. The molecule has 0 fully saturated rings. The van der Waals surface area contributed by atoms with Crippen molar-refractivity contribution in [3.05, 3.63) is 112 Å². The molecule has 2 atom stereocenters. The van der Waals surface area contributed by atoms with Crippen LogP contribution in [0.4, 0.5) is 11.4 Å². The third-order valence-corrected chi connectivity index (χ3v) is 5.80. The number of aryl methyl sites for hydroxylation is 1. The number of rotatable bonds is 9. The number of nitro benzene ring substituents is 1. The van der Waals surface area contributed by atoms with Gasteiger partial charge in [-0.25, -0.2) is 4.98 Å². The predicted molar refractivity (Wildman–Crippen MR) is 135 cm³/mol. The van der Waals surface area contributed by atoms with Crippen LogP contribution in [0.2, 0.25) is 0 Å². The zero-order chi connectivity index (χ0) is 25.7. The van der Waals surface area contributed by atoms with Gasteiger partial charge in [0.05, 0.1) is 23.8 Å². The summed E-state index contributed by atoms with van der Waals surface area (Å²) < 4.78 is 7.04. The summed E-state index contributed by atoms with van der Waals surface area (Å²) in [5.74, 6) is 0.832. The average Bonchev–Trinajstić information content (AvgIpc) is 3.33. The van der Waals surface area contributed by atoms with E-state index in [9.17, 15) is 14.9 Å². The Morgan fingerprint density at radius 1 is 1.08 bits per heavy atom. The van der Waals surface area contributed by atoms with E-state index in [0.29, 0.717) is 17.3 Å². The highest BCUT2D eigenvalue weighted by Crippen LogP contribution is 2.30. The first kappa shape index (κ1) is 24.4. The Bertz CT molecular complexity index is 1350. The zero-order valence-corrected chi connectivity index (χ0v) is 20.1. The maximum atomic E-state index is 13.3. The van der Waals surface area contributed by atoms with Crippen LogP contribution in [-0.4, -0.2) is 32.5 Å². The molecule has 0 saturated heterocycles. The molecule has 184 valence electrons. The molecule has 2 N–H and O–H groups in total. The molecule has 36 heavy (non-hydrogen) atoms. The Morgan fingerprint density at radius 2 is 1.86 bits per heavy atom. The van der Waals surface area contributed by atoms with Gasteiger partial charge in [-0.15, -0.1) is 0 Å². The first-order valence-corrected chi connectivity index (χ1v) is 11.3. The highest BCUT2D eigenvalue weighted by molar-refractivity contribution is 5.96. The van der Waals surface area contributed by atoms with E-state index in [2.05, 4.69) is 20.6 Å². The highest BCUT2D eigenvalue weighted by Gasteiger charge is 2.24. The van der Waals surface area contributed by atoms with Crippen molar-refractivity contribution in [2.75, 3.05) is 12.4 Å². The smallest absolute Gasteiger partial charge is 0.293 e. The fourth-order valence-corrected chi connectivity index (χ4v) is 3.85. The van der Waals surface area contributed by atoms with Crippen LogP contribution in [0, 0.1) is 10.1 Å². The summed E-state index contributed by atoms with van der Waals surface area (Å²) in [7, 11) is 3.41. The molecule has 4 aromatic rings. The molecule has 2 aromatic heterocycles. The van der Waals surface area contributed by atoms with E-state index in [1.165, 1.54) is 12.1 Å². The Balaban J connectivity index is 1.61. The number of nitrogens with zero attached hydrogens (tertiary/aromatic N) is 4. The molecule has 4 rings (SSSR count). The molecule has 0 aliphatic heterocycles. The van der Waals surface area contributed by atoms with Crippen molar-refractivity contribution < 1.29 is 14.5 Å². The van der Waals surface area contributed by atoms with Crippen LogP contribution < -0.4 is 15.4 Å². The van der Waals surface area contributed by atoms with Crippen molar-refractivity contribution in [1.82, 2.24) is 19.9 Å². The predicted octanol–water partition coefficient (Wildman–Crippen LogP) is 4.42. The van der Waals surface area contributed by atoms with Gasteiger partial charge in [-0.05, 0) is 48.9 Å². The molecular formula is C26H26N6O4. The number of methoxy groups -OCH3 is 1. The molecule has 0 radical (unpaired) electrons. The quantitative estimate of drug-likeness (QED) is 0.265. The molecule has 10 nitrogen and oxygen atoms in total. The molecule has 0 bridgehead atoms. The number of nitro groups is 1. The molecule has 0 aliphatic rings. The van der Waals surface area contributed by atoms with Crippen LogP contribution in [-0.2, 0) is 7.05 Å². The number of carbonyl (C=O) groups excluding carboxylic acids is 1. The molecule has 2 unspecified atom stereocenters. The number of imidazole rings is 1. The summed E-state index contributed by atoms with van der Waals surface area (Å²) in [5.41, 5.74) is 1.78. The monoisotopic (exact) mass is 486 g/mol. The van der Waals surface area contributed by atoms with Crippen LogP contribution >= 0.6 is 0 Å². The van der Waals surface area contributed by atoms with Crippen LogP contribution in [0.5, 0.6) is 5.75 Å². The van der Waals surface area contributed by atoms with Gasteiger partial charge in [0.2, 0.25) is 0 Å². The molecule has 0 saturated carbocycles. The summed E-state index contributed by atoms with van der Waals surface area (Å²) in [5, 5.41) is 17.9. The number of pyridine rings is 1. The molecule has 10 heteroatoms. The lowest BCUT2D eigenvalue weighted by Gasteiger charge is -2.20. The maximum Gasteiger partial charge on any atom is 0.293 e. The maximum absolute atomic E-state index is 13.3. The van der Waals surface area contributed by atoms with Crippen molar-refractivity contribution >= 4 is 17.3 Å². The number of ether oxygens (including phenoxy) is 1. The van der Waals surface area contributed by atoms with E-state index >= 15 is 0 Å². The van der Waals surface area contributed by atoms with Gasteiger partial charge in [0.25, 0.3) is 11.6 Å². The normalized spacial score (nSPS) is 12.4. The van der Waals surface area contributed by atoms with Gasteiger partial charge in [0, 0.05) is 37.3 Å². The number of carbonyl (C=O) groups is 1. The Hall–Kier alpha value is -4.73. The lowest BCUT2D eigenvalue weighted by Crippen LogP contribution is -2.31. The largest absolute Gasteiger partial charge is 0.497 e. The van der Waals surface area contributed by atoms with E-state index in [-0.39, 0.29) is 17.3 Å².